The van der Waals surface area contributed by atoms with Gasteiger partial charge in [0.15, 0.2) is 5.75 Å². The monoisotopic (exact) mass is 329 g/mol. The van der Waals surface area contributed by atoms with Crippen LogP contribution in [-0.2, 0) is 0 Å². The number of aromatic hydroxyl groups is 1. The third-order valence-corrected chi connectivity index (χ3v) is 5.71. The summed E-state index contributed by atoms with van der Waals surface area (Å²) in [4.78, 5) is 0. The molecular weight excluding hydrogens is 305 g/mol. The molecule has 2 rings (SSSR count). The Balaban J connectivity index is 1.95. The van der Waals surface area contributed by atoms with Gasteiger partial charge in [-0.05, 0) is 49.1 Å². The number of phenols is 1. The molecule has 2 nitrogen and oxygen atoms in total. The second-order valence-corrected chi connectivity index (χ2v) is 7.64. The van der Waals surface area contributed by atoms with Gasteiger partial charge in [-0.2, -0.15) is 0 Å². The minimum Gasteiger partial charge on any atom is -0.505 e. The molecule has 1 aliphatic rings. The number of phenolic OH excluding ortho intramolecular Hbond substituents is 1. The average Bonchev–Trinajstić information content (AvgIpc) is 2.45. The molecule has 0 saturated heterocycles. The Hall–Kier alpha value is -0.600. The number of hydrogen-bond acceptors (Lipinski definition) is 2. The van der Waals surface area contributed by atoms with Gasteiger partial charge in [0.05, 0.1) is 10.0 Å². The fourth-order valence-electron chi connectivity index (χ4n) is 3.19. The number of anilines is 1. The standard InChI is InChI=1S/C17H25Cl2NO/c1-4-17(2,3)11-5-7-12(8-6-11)20-13-9-14(18)16(21)15(19)10-13/h9-12,20-21H,4-8H2,1-3H3. The summed E-state index contributed by atoms with van der Waals surface area (Å²) in [6.07, 6.45) is 6.10. The number of benzene rings is 1. The molecule has 0 bridgehead atoms. The third-order valence-electron chi connectivity index (χ3n) is 5.13. The van der Waals surface area contributed by atoms with E-state index in [0.717, 1.165) is 11.6 Å². The van der Waals surface area contributed by atoms with Crippen LogP contribution in [0.15, 0.2) is 12.1 Å². The van der Waals surface area contributed by atoms with E-state index in [1.807, 2.05) is 0 Å². The zero-order chi connectivity index (χ0) is 15.6. The van der Waals surface area contributed by atoms with Crippen LogP contribution in [0.1, 0.15) is 52.9 Å². The molecule has 0 radical (unpaired) electrons. The quantitative estimate of drug-likeness (QED) is 0.653. The molecule has 1 saturated carbocycles. The van der Waals surface area contributed by atoms with E-state index in [9.17, 15) is 5.11 Å². The van der Waals surface area contributed by atoms with E-state index < -0.39 is 0 Å². The molecule has 1 aliphatic carbocycles. The van der Waals surface area contributed by atoms with Gasteiger partial charge in [-0.3, -0.25) is 0 Å². The van der Waals surface area contributed by atoms with Gasteiger partial charge in [0.2, 0.25) is 0 Å². The van der Waals surface area contributed by atoms with E-state index in [0.29, 0.717) is 21.5 Å². The van der Waals surface area contributed by atoms with Crippen molar-refractivity contribution in [2.75, 3.05) is 5.32 Å². The summed E-state index contributed by atoms with van der Waals surface area (Å²) in [5, 5.41) is 13.7. The lowest BCUT2D eigenvalue weighted by atomic mass is 9.69. The minimum absolute atomic E-state index is 0.0442. The summed E-state index contributed by atoms with van der Waals surface area (Å²) >= 11 is 11.9. The third kappa shape index (κ3) is 3.98. The Morgan fingerprint density at radius 3 is 2.14 bits per heavy atom. The largest absolute Gasteiger partial charge is 0.505 e. The highest BCUT2D eigenvalue weighted by Gasteiger charge is 2.31. The van der Waals surface area contributed by atoms with Crippen LogP contribution in [0.4, 0.5) is 5.69 Å². The molecule has 0 aromatic heterocycles. The molecule has 21 heavy (non-hydrogen) atoms. The predicted octanol–water partition coefficient (Wildman–Crippen LogP) is 6.11. The van der Waals surface area contributed by atoms with Crippen LogP contribution < -0.4 is 5.32 Å². The van der Waals surface area contributed by atoms with Gasteiger partial charge in [-0.25, -0.2) is 0 Å². The van der Waals surface area contributed by atoms with Crippen molar-refractivity contribution in [2.45, 2.75) is 58.9 Å². The van der Waals surface area contributed by atoms with Crippen LogP contribution in [0, 0.1) is 11.3 Å². The van der Waals surface area contributed by atoms with Crippen molar-refractivity contribution >= 4 is 28.9 Å². The van der Waals surface area contributed by atoms with Crippen molar-refractivity contribution in [1.82, 2.24) is 0 Å². The molecular formula is C17H25Cl2NO. The maximum atomic E-state index is 9.60. The lowest BCUT2D eigenvalue weighted by Crippen LogP contribution is -2.32. The number of rotatable bonds is 4. The zero-order valence-electron chi connectivity index (χ0n) is 13.0. The minimum atomic E-state index is -0.0442. The van der Waals surface area contributed by atoms with Gasteiger partial charge in [0.25, 0.3) is 0 Å². The van der Waals surface area contributed by atoms with E-state index in [4.69, 9.17) is 23.2 Å². The molecule has 1 aromatic carbocycles. The molecule has 4 heteroatoms. The normalized spacial score (nSPS) is 23.1. The van der Waals surface area contributed by atoms with Gasteiger partial charge < -0.3 is 10.4 Å². The van der Waals surface area contributed by atoms with Crippen molar-refractivity contribution in [3.05, 3.63) is 22.2 Å². The van der Waals surface area contributed by atoms with E-state index in [-0.39, 0.29) is 5.75 Å². The Morgan fingerprint density at radius 1 is 1.14 bits per heavy atom. The zero-order valence-corrected chi connectivity index (χ0v) is 14.6. The van der Waals surface area contributed by atoms with E-state index in [1.54, 1.807) is 12.1 Å². The highest BCUT2D eigenvalue weighted by atomic mass is 35.5. The Morgan fingerprint density at radius 2 is 1.67 bits per heavy atom. The maximum absolute atomic E-state index is 9.60. The van der Waals surface area contributed by atoms with Crippen molar-refractivity contribution in [3.63, 3.8) is 0 Å². The Labute approximate surface area is 137 Å². The van der Waals surface area contributed by atoms with Crippen LogP contribution >= 0.6 is 23.2 Å². The number of nitrogens with one attached hydrogen (secondary N) is 1. The van der Waals surface area contributed by atoms with E-state index >= 15 is 0 Å². The van der Waals surface area contributed by atoms with Gasteiger partial charge in [0.1, 0.15) is 0 Å². The number of halogens is 2. The molecule has 0 unspecified atom stereocenters. The van der Waals surface area contributed by atoms with Gasteiger partial charge in [-0.1, -0.05) is 50.4 Å². The smallest absolute Gasteiger partial charge is 0.152 e. The highest BCUT2D eigenvalue weighted by Crippen LogP contribution is 2.41. The fourth-order valence-corrected chi connectivity index (χ4v) is 3.68. The van der Waals surface area contributed by atoms with Crippen LogP contribution in [0.5, 0.6) is 5.75 Å². The first kappa shape index (κ1) is 16.8. The van der Waals surface area contributed by atoms with Crippen LogP contribution in [-0.4, -0.2) is 11.1 Å². The van der Waals surface area contributed by atoms with Gasteiger partial charge >= 0.3 is 0 Å². The summed E-state index contributed by atoms with van der Waals surface area (Å²) < 4.78 is 0. The first-order valence-corrected chi connectivity index (χ1v) is 8.53. The molecule has 2 N–H and O–H groups in total. The summed E-state index contributed by atoms with van der Waals surface area (Å²) in [6.45, 7) is 7.04. The summed E-state index contributed by atoms with van der Waals surface area (Å²) in [7, 11) is 0. The molecule has 0 heterocycles. The van der Waals surface area contributed by atoms with Crippen LogP contribution in [0.2, 0.25) is 10.0 Å². The maximum Gasteiger partial charge on any atom is 0.152 e. The molecule has 1 fully saturated rings. The summed E-state index contributed by atoms with van der Waals surface area (Å²) in [6, 6.07) is 3.95. The van der Waals surface area contributed by atoms with Crippen LogP contribution in [0.25, 0.3) is 0 Å². The van der Waals surface area contributed by atoms with Crippen molar-refractivity contribution in [2.24, 2.45) is 11.3 Å². The topological polar surface area (TPSA) is 32.3 Å². The Kier molecular flexibility index (Phi) is 5.32. The molecule has 0 amide bonds. The van der Waals surface area contributed by atoms with Crippen molar-refractivity contribution in [1.29, 1.82) is 0 Å². The SMILES string of the molecule is CCC(C)(C)C1CCC(Nc2cc(Cl)c(O)c(Cl)c2)CC1. The second-order valence-electron chi connectivity index (χ2n) is 6.82. The molecule has 1 aromatic rings. The summed E-state index contributed by atoms with van der Waals surface area (Å²) in [5.74, 6) is 0.768. The molecule has 0 atom stereocenters. The van der Waals surface area contributed by atoms with Crippen molar-refractivity contribution in [3.8, 4) is 5.75 Å². The van der Waals surface area contributed by atoms with Crippen molar-refractivity contribution < 1.29 is 5.11 Å². The predicted molar refractivity (Wildman–Crippen MR) is 91.6 cm³/mol. The van der Waals surface area contributed by atoms with E-state index in [1.165, 1.54) is 32.1 Å². The van der Waals surface area contributed by atoms with E-state index in [2.05, 4.69) is 26.1 Å². The highest BCUT2D eigenvalue weighted by molar-refractivity contribution is 6.37. The molecule has 118 valence electrons. The van der Waals surface area contributed by atoms with Gasteiger partial charge in [-0.15, -0.1) is 0 Å². The second kappa shape index (κ2) is 6.66. The molecule has 0 spiro atoms. The number of hydrogen-bond donors (Lipinski definition) is 2. The Bertz CT molecular complexity index is 471. The lowest BCUT2D eigenvalue weighted by molar-refractivity contribution is 0.147. The van der Waals surface area contributed by atoms with Crippen LogP contribution in [0.3, 0.4) is 0 Å². The summed E-state index contributed by atoms with van der Waals surface area (Å²) in [5.41, 5.74) is 1.33. The molecule has 0 aliphatic heterocycles. The van der Waals surface area contributed by atoms with Gasteiger partial charge in [0, 0.05) is 11.7 Å². The first-order valence-electron chi connectivity index (χ1n) is 7.78. The first-order chi connectivity index (χ1) is 9.83. The fraction of sp³-hybridized carbons (Fsp3) is 0.647. The lowest BCUT2D eigenvalue weighted by Gasteiger charge is -2.39. The average molecular weight is 330 g/mol.